The van der Waals surface area contributed by atoms with Crippen LogP contribution in [0.1, 0.15) is 29.7 Å². The topological polar surface area (TPSA) is 59.6 Å². The average Bonchev–Trinajstić information content (AvgIpc) is 2.47. The van der Waals surface area contributed by atoms with Crippen LogP contribution in [0.3, 0.4) is 0 Å². The Kier molecular flexibility index (Phi) is 4.60. The van der Waals surface area contributed by atoms with Crippen LogP contribution in [0.25, 0.3) is 0 Å². The summed E-state index contributed by atoms with van der Waals surface area (Å²) in [6.45, 7) is 2.06. The van der Waals surface area contributed by atoms with Gasteiger partial charge in [0.05, 0.1) is 11.1 Å². The van der Waals surface area contributed by atoms with E-state index in [1.165, 1.54) is 9.13 Å². The van der Waals surface area contributed by atoms with Crippen LogP contribution < -0.4 is 5.32 Å². The van der Waals surface area contributed by atoms with E-state index >= 15 is 0 Å². The van der Waals surface area contributed by atoms with E-state index in [2.05, 4.69) is 59.1 Å². The average molecular weight is 373 g/mol. The van der Waals surface area contributed by atoms with Crippen LogP contribution in [-0.2, 0) is 0 Å². The summed E-state index contributed by atoms with van der Waals surface area (Å²) >= 11 is 2.27. The van der Waals surface area contributed by atoms with E-state index in [1.807, 2.05) is 18.2 Å². The molecular weight excluding hydrogens is 361 g/mol. The normalized spacial score (nSPS) is 11.2. The molecule has 2 aromatic rings. The van der Waals surface area contributed by atoms with Crippen LogP contribution in [0.4, 0.5) is 5.69 Å². The van der Waals surface area contributed by atoms with E-state index in [0.717, 1.165) is 5.69 Å². The van der Waals surface area contributed by atoms with Crippen molar-refractivity contribution in [2.75, 3.05) is 5.32 Å². The molecule has 98 valence electrons. The van der Waals surface area contributed by atoms with Gasteiger partial charge in [-0.25, -0.2) is 0 Å². The quantitative estimate of drug-likeness (QED) is 0.821. The van der Waals surface area contributed by atoms with Crippen LogP contribution >= 0.6 is 22.6 Å². The van der Waals surface area contributed by atoms with Crippen molar-refractivity contribution in [3.8, 4) is 12.1 Å². The Morgan fingerprint density at radius 3 is 2.25 bits per heavy atom. The number of benzene rings is 2. The van der Waals surface area contributed by atoms with E-state index in [1.54, 1.807) is 12.1 Å². The second-order valence-electron chi connectivity index (χ2n) is 4.40. The molecule has 1 atom stereocenters. The van der Waals surface area contributed by atoms with E-state index in [9.17, 15) is 0 Å². The Morgan fingerprint density at radius 2 is 1.65 bits per heavy atom. The summed E-state index contributed by atoms with van der Waals surface area (Å²) < 4.78 is 1.20. The van der Waals surface area contributed by atoms with Crippen LogP contribution in [0, 0.1) is 26.2 Å². The summed E-state index contributed by atoms with van der Waals surface area (Å²) in [5.74, 6) is 0. The van der Waals surface area contributed by atoms with Gasteiger partial charge in [0.25, 0.3) is 0 Å². The van der Waals surface area contributed by atoms with Crippen LogP contribution in [-0.4, -0.2) is 0 Å². The molecule has 0 amide bonds. The molecule has 3 nitrogen and oxygen atoms in total. The van der Waals surface area contributed by atoms with Gasteiger partial charge < -0.3 is 5.32 Å². The standard InChI is InChI=1S/C16H12IN3/c1-11(12-2-5-15(17)6-3-12)20-16-7-4-13(9-18)14(8-16)10-19/h2-8,11,20H,1H3. The van der Waals surface area contributed by atoms with Gasteiger partial charge in [-0.2, -0.15) is 10.5 Å². The number of hydrogen-bond acceptors (Lipinski definition) is 3. The third kappa shape index (κ3) is 3.28. The summed E-state index contributed by atoms with van der Waals surface area (Å²) in [6, 6.07) is 17.7. The molecule has 0 fully saturated rings. The Morgan fingerprint density at radius 1 is 1.00 bits per heavy atom. The minimum Gasteiger partial charge on any atom is -0.378 e. The molecule has 0 aromatic heterocycles. The molecule has 2 aromatic carbocycles. The lowest BCUT2D eigenvalue weighted by molar-refractivity contribution is 0.884. The SMILES string of the molecule is CC(Nc1ccc(C#N)c(C#N)c1)c1ccc(I)cc1. The van der Waals surface area contributed by atoms with E-state index in [-0.39, 0.29) is 6.04 Å². The monoisotopic (exact) mass is 373 g/mol. The van der Waals surface area contributed by atoms with Gasteiger partial charge in [0, 0.05) is 15.3 Å². The summed E-state index contributed by atoms with van der Waals surface area (Å²) in [5, 5.41) is 21.3. The summed E-state index contributed by atoms with van der Waals surface area (Å²) in [7, 11) is 0. The minimum absolute atomic E-state index is 0.131. The molecule has 0 saturated heterocycles. The second kappa shape index (κ2) is 6.40. The number of nitrogens with zero attached hydrogens (tertiary/aromatic N) is 2. The van der Waals surface area contributed by atoms with E-state index in [0.29, 0.717) is 11.1 Å². The van der Waals surface area contributed by atoms with Gasteiger partial charge in [0.15, 0.2) is 0 Å². The fourth-order valence-electron chi connectivity index (χ4n) is 1.91. The number of halogens is 1. The Bertz CT molecular complexity index is 693. The smallest absolute Gasteiger partial charge is 0.101 e. The molecule has 0 aliphatic heterocycles. The maximum Gasteiger partial charge on any atom is 0.101 e. The lowest BCUT2D eigenvalue weighted by Crippen LogP contribution is -2.06. The molecule has 0 aliphatic rings. The van der Waals surface area contributed by atoms with Crippen molar-refractivity contribution in [3.05, 3.63) is 62.7 Å². The Balaban J connectivity index is 2.20. The summed E-state index contributed by atoms with van der Waals surface area (Å²) in [4.78, 5) is 0. The molecule has 2 rings (SSSR count). The molecule has 0 saturated carbocycles. The first kappa shape index (κ1) is 14.4. The third-order valence-electron chi connectivity index (χ3n) is 3.01. The zero-order valence-corrected chi connectivity index (χ0v) is 13.0. The largest absolute Gasteiger partial charge is 0.378 e. The molecular formula is C16H12IN3. The first-order valence-electron chi connectivity index (χ1n) is 6.10. The number of anilines is 1. The van der Waals surface area contributed by atoms with E-state index in [4.69, 9.17) is 10.5 Å². The van der Waals surface area contributed by atoms with Crippen molar-refractivity contribution in [3.63, 3.8) is 0 Å². The van der Waals surface area contributed by atoms with Crippen LogP contribution in [0.15, 0.2) is 42.5 Å². The second-order valence-corrected chi connectivity index (χ2v) is 5.65. The minimum atomic E-state index is 0.131. The third-order valence-corrected chi connectivity index (χ3v) is 3.73. The lowest BCUT2D eigenvalue weighted by Gasteiger charge is -2.16. The van der Waals surface area contributed by atoms with Gasteiger partial charge in [0.1, 0.15) is 12.1 Å². The van der Waals surface area contributed by atoms with Crippen molar-refractivity contribution in [2.24, 2.45) is 0 Å². The van der Waals surface area contributed by atoms with Gasteiger partial charge in [-0.1, -0.05) is 12.1 Å². The lowest BCUT2D eigenvalue weighted by atomic mass is 10.1. The zero-order valence-electron chi connectivity index (χ0n) is 10.9. The number of nitrogens with one attached hydrogen (secondary N) is 1. The maximum atomic E-state index is 9.03. The molecule has 0 spiro atoms. The van der Waals surface area contributed by atoms with Crippen molar-refractivity contribution in [1.29, 1.82) is 10.5 Å². The number of rotatable bonds is 3. The fraction of sp³-hybridized carbons (Fsp3) is 0.125. The molecule has 1 N–H and O–H groups in total. The highest BCUT2D eigenvalue weighted by atomic mass is 127. The van der Waals surface area contributed by atoms with Gasteiger partial charge in [0.2, 0.25) is 0 Å². The Labute approximate surface area is 132 Å². The summed E-state index contributed by atoms with van der Waals surface area (Å²) in [6.07, 6.45) is 0. The van der Waals surface area contributed by atoms with E-state index < -0.39 is 0 Å². The fourth-order valence-corrected chi connectivity index (χ4v) is 2.27. The zero-order chi connectivity index (χ0) is 14.5. The number of hydrogen-bond donors (Lipinski definition) is 1. The first-order valence-corrected chi connectivity index (χ1v) is 7.18. The van der Waals surface area contributed by atoms with Crippen molar-refractivity contribution in [1.82, 2.24) is 0 Å². The van der Waals surface area contributed by atoms with Crippen molar-refractivity contribution < 1.29 is 0 Å². The van der Waals surface area contributed by atoms with Crippen molar-refractivity contribution in [2.45, 2.75) is 13.0 Å². The molecule has 4 heteroatoms. The highest BCUT2D eigenvalue weighted by molar-refractivity contribution is 14.1. The van der Waals surface area contributed by atoms with Crippen LogP contribution in [0.5, 0.6) is 0 Å². The number of nitriles is 2. The van der Waals surface area contributed by atoms with Crippen molar-refractivity contribution >= 4 is 28.3 Å². The van der Waals surface area contributed by atoms with Gasteiger partial charge >= 0.3 is 0 Å². The Hall–Kier alpha value is -2.05. The molecule has 0 heterocycles. The van der Waals surface area contributed by atoms with Gasteiger partial charge in [-0.15, -0.1) is 0 Å². The molecule has 0 aliphatic carbocycles. The highest BCUT2D eigenvalue weighted by Crippen LogP contribution is 2.22. The van der Waals surface area contributed by atoms with Gasteiger partial charge in [-0.05, 0) is 65.4 Å². The highest BCUT2D eigenvalue weighted by Gasteiger charge is 2.07. The predicted octanol–water partition coefficient (Wildman–Crippen LogP) is 4.21. The molecule has 20 heavy (non-hydrogen) atoms. The molecule has 0 bridgehead atoms. The van der Waals surface area contributed by atoms with Crippen LogP contribution in [0.2, 0.25) is 0 Å². The first-order chi connectivity index (χ1) is 9.63. The summed E-state index contributed by atoms with van der Waals surface area (Å²) in [5.41, 5.74) is 2.81. The maximum absolute atomic E-state index is 9.03. The molecule has 1 unspecified atom stereocenters. The molecule has 0 radical (unpaired) electrons. The van der Waals surface area contributed by atoms with Gasteiger partial charge in [-0.3, -0.25) is 0 Å². The predicted molar refractivity (Wildman–Crippen MR) is 87.1 cm³/mol.